The number of hydrogen-bond donors (Lipinski definition) is 1. The maximum Gasteiger partial charge on any atom is 0.317 e. The minimum Gasteiger partial charge on any atom is -0.343 e. The summed E-state index contributed by atoms with van der Waals surface area (Å²) in [6, 6.07) is 5.68. The molecule has 1 N–H and O–H groups in total. The molecular weight excluding hydrogens is 297 g/mol. The molecule has 0 saturated carbocycles. The molecule has 0 aromatic heterocycles. The van der Waals surface area contributed by atoms with Crippen LogP contribution < -0.4 is 5.32 Å². The Morgan fingerprint density at radius 1 is 1.26 bits per heavy atom. The zero-order chi connectivity index (χ0) is 16.8. The number of carbonyl (C=O) groups is 2. The molecule has 1 atom stereocenters. The zero-order valence-corrected chi connectivity index (χ0v) is 13.7. The van der Waals surface area contributed by atoms with Gasteiger partial charge in [0.1, 0.15) is 5.82 Å². The van der Waals surface area contributed by atoms with Gasteiger partial charge in [-0.05, 0) is 37.5 Å². The lowest BCUT2D eigenvalue weighted by atomic mass is 10.1. The van der Waals surface area contributed by atoms with Crippen LogP contribution in [0.15, 0.2) is 24.3 Å². The number of urea groups is 1. The fourth-order valence-corrected chi connectivity index (χ4v) is 2.67. The van der Waals surface area contributed by atoms with Crippen molar-refractivity contribution in [3.8, 4) is 0 Å². The lowest BCUT2D eigenvalue weighted by Crippen LogP contribution is -2.40. The Morgan fingerprint density at radius 3 is 2.48 bits per heavy atom. The van der Waals surface area contributed by atoms with E-state index in [1.165, 1.54) is 12.1 Å². The smallest absolute Gasteiger partial charge is 0.317 e. The van der Waals surface area contributed by atoms with Gasteiger partial charge in [0, 0.05) is 33.1 Å². The number of hydrogen-bond acceptors (Lipinski definition) is 2. The summed E-state index contributed by atoms with van der Waals surface area (Å²) >= 11 is 0. The third kappa shape index (κ3) is 4.68. The summed E-state index contributed by atoms with van der Waals surface area (Å²) in [5.74, 6) is -0.203. The molecule has 3 amide bonds. The van der Waals surface area contributed by atoms with Gasteiger partial charge in [0.05, 0.1) is 6.04 Å². The fourth-order valence-electron chi connectivity index (χ4n) is 2.67. The van der Waals surface area contributed by atoms with Gasteiger partial charge in [-0.25, -0.2) is 9.18 Å². The van der Waals surface area contributed by atoms with E-state index in [4.69, 9.17) is 0 Å². The third-order valence-electron chi connectivity index (χ3n) is 4.33. The van der Waals surface area contributed by atoms with Crippen LogP contribution in [0.4, 0.5) is 9.18 Å². The second-order valence-corrected chi connectivity index (χ2v) is 5.91. The maximum absolute atomic E-state index is 13.0. The number of halogens is 1. The summed E-state index contributed by atoms with van der Waals surface area (Å²) in [7, 11) is 1.69. The van der Waals surface area contributed by atoms with Crippen LogP contribution in [0.5, 0.6) is 0 Å². The number of nitrogens with one attached hydrogen (secondary N) is 1. The summed E-state index contributed by atoms with van der Waals surface area (Å²) in [6.07, 6.45) is 2.45. The number of carbonyl (C=O) groups excluding carboxylic acids is 2. The van der Waals surface area contributed by atoms with E-state index in [1.54, 1.807) is 24.1 Å². The van der Waals surface area contributed by atoms with Crippen molar-refractivity contribution in [2.45, 2.75) is 32.2 Å². The van der Waals surface area contributed by atoms with Crippen molar-refractivity contribution in [3.63, 3.8) is 0 Å². The minimum absolute atomic E-state index is 0.0945. The highest BCUT2D eigenvalue weighted by Crippen LogP contribution is 2.18. The first kappa shape index (κ1) is 17.2. The van der Waals surface area contributed by atoms with Crippen LogP contribution in [0.3, 0.4) is 0 Å². The summed E-state index contributed by atoms with van der Waals surface area (Å²) in [4.78, 5) is 27.4. The first-order chi connectivity index (χ1) is 11.0. The SMILES string of the molecule is CC(c1ccc(F)cc1)N(C)C(=O)NCCC(=O)N1CCCC1. The molecule has 126 valence electrons. The van der Waals surface area contributed by atoms with E-state index in [9.17, 15) is 14.0 Å². The third-order valence-corrected chi connectivity index (χ3v) is 4.33. The standard InChI is InChI=1S/C17H24FN3O2/c1-13(14-5-7-15(18)8-6-14)20(2)17(23)19-10-9-16(22)21-11-3-4-12-21/h5-8,13H,3-4,9-12H2,1-2H3,(H,19,23). The maximum atomic E-state index is 13.0. The highest BCUT2D eigenvalue weighted by Gasteiger charge is 2.19. The van der Waals surface area contributed by atoms with Gasteiger partial charge < -0.3 is 15.1 Å². The monoisotopic (exact) mass is 321 g/mol. The second-order valence-electron chi connectivity index (χ2n) is 5.91. The van der Waals surface area contributed by atoms with Crippen molar-refractivity contribution in [2.75, 3.05) is 26.7 Å². The van der Waals surface area contributed by atoms with Gasteiger partial charge in [-0.3, -0.25) is 4.79 Å². The summed E-state index contributed by atoms with van der Waals surface area (Å²) in [6.45, 7) is 3.86. The van der Waals surface area contributed by atoms with Gasteiger partial charge in [-0.15, -0.1) is 0 Å². The van der Waals surface area contributed by atoms with E-state index in [2.05, 4.69) is 5.32 Å². The molecule has 0 spiro atoms. The second kappa shape index (κ2) is 7.94. The van der Waals surface area contributed by atoms with Gasteiger partial charge >= 0.3 is 6.03 Å². The number of amides is 3. The van der Waals surface area contributed by atoms with Gasteiger partial charge in [0.25, 0.3) is 0 Å². The molecule has 2 rings (SSSR count). The predicted octanol–water partition coefficient (Wildman–Crippen LogP) is 2.54. The van der Waals surface area contributed by atoms with Crippen LogP contribution in [-0.2, 0) is 4.79 Å². The van der Waals surface area contributed by atoms with Crippen LogP contribution in [0.25, 0.3) is 0 Å². The van der Waals surface area contributed by atoms with Gasteiger partial charge in [0.15, 0.2) is 0 Å². The van der Waals surface area contributed by atoms with Crippen molar-refractivity contribution in [3.05, 3.63) is 35.6 Å². The van der Waals surface area contributed by atoms with Crippen LogP contribution in [-0.4, -0.2) is 48.4 Å². The van der Waals surface area contributed by atoms with Crippen molar-refractivity contribution < 1.29 is 14.0 Å². The van der Waals surface area contributed by atoms with Crippen LogP contribution in [0.1, 0.15) is 37.8 Å². The Kier molecular flexibility index (Phi) is 5.96. The molecule has 1 aromatic rings. The Morgan fingerprint density at radius 2 is 1.87 bits per heavy atom. The molecule has 1 aromatic carbocycles. The molecule has 0 aliphatic carbocycles. The first-order valence-corrected chi connectivity index (χ1v) is 8.03. The molecule has 6 heteroatoms. The van der Waals surface area contributed by atoms with Gasteiger partial charge in [0.2, 0.25) is 5.91 Å². The number of nitrogens with zero attached hydrogens (tertiary/aromatic N) is 2. The summed E-state index contributed by atoms with van der Waals surface area (Å²) in [5.41, 5.74) is 0.859. The highest BCUT2D eigenvalue weighted by molar-refractivity contribution is 5.78. The molecule has 1 aliphatic rings. The van der Waals surface area contributed by atoms with Crippen molar-refractivity contribution >= 4 is 11.9 Å². The topological polar surface area (TPSA) is 52.7 Å². The zero-order valence-electron chi connectivity index (χ0n) is 13.7. The average Bonchev–Trinajstić information content (AvgIpc) is 3.08. The largest absolute Gasteiger partial charge is 0.343 e. The van der Waals surface area contributed by atoms with E-state index in [-0.39, 0.29) is 23.8 Å². The van der Waals surface area contributed by atoms with E-state index < -0.39 is 0 Å². The Bertz CT molecular complexity index is 541. The first-order valence-electron chi connectivity index (χ1n) is 8.03. The minimum atomic E-state index is -0.298. The predicted molar refractivity (Wildman–Crippen MR) is 86.4 cm³/mol. The van der Waals surface area contributed by atoms with Crippen molar-refractivity contribution in [1.29, 1.82) is 0 Å². The fraction of sp³-hybridized carbons (Fsp3) is 0.529. The molecule has 1 fully saturated rings. The lowest BCUT2D eigenvalue weighted by Gasteiger charge is -2.25. The highest BCUT2D eigenvalue weighted by atomic mass is 19.1. The molecule has 23 heavy (non-hydrogen) atoms. The molecule has 1 saturated heterocycles. The number of rotatable bonds is 5. The quantitative estimate of drug-likeness (QED) is 0.906. The summed E-state index contributed by atoms with van der Waals surface area (Å²) in [5, 5.41) is 2.76. The van der Waals surface area contributed by atoms with Crippen LogP contribution in [0, 0.1) is 5.82 Å². The Hall–Kier alpha value is -2.11. The van der Waals surface area contributed by atoms with Gasteiger partial charge in [-0.2, -0.15) is 0 Å². The molecule has 1 heterocycles. The van der Waals surface area contributed by atoms with Crippen molar-refractivity contribution in [2.24, 2.45) is 0 Å². The molecule has 1 unspecified atom stereocenters. The van der Waals surface area contributed by atoms with Crippen LogP contribution >= 0.6 is 0 Å². The number of likely N-dealkylation sites (tertiary alicyclic amines) is 1. The average molecular weight is 321 g/mol. The molecular formula is C17H24FN3O2. The Labute approximate surface area is 136 Å². The van der Waals surface area contributed by atoms with E-state index in [0.29, 0.717) is 13.0 Å². The molecule has 1 aliphatic heterocycles. The molecule has 0 bridgehead atoms. The lowest BCUT2D eigenvalue weighted by molar-refractivity contribution is -0.129. The van der Waals surface area contributed by atoms with E-state index in [0.717, 1.165) is 31.5 Å². The van der Waals surface area contributed by atoms with E-state index in [1.807, 2.05) is 11.8 Å². The molecule has 0 radical (unpaired) electrons. The Balaban J connectivity index is 1.77. The molecule has 5 nitrogen and oxygen atoms in total. The van der Waals surface area contributed by atoms with Crippen LogP contribution in [0.2, 0.25) is 0 Å². The summed E-state index contributed by atoms with van der Waals surface area (Å²) < 4.78 is 13.0. The van der Waals surface area contributed by atoms with Crippen molar-refractivity contribution in [1.82, 2.24) is 15.1 Å². The van der Waals surface area contributed by atoms with Gasteiger partial charge in [-0.1, -0.05) is 12.1 Å². The number of benzene rings is 1. The van der Waals surface area contributed by atoms with E-state index >= 15 is 0 Å². The normalized spacial score (nSPS) is 15.3.